The van der Waals surface area contributed by atoms with E-state index in [1.54, 1.807) is 0 Å². The molecule has 0 saturated heterocycles. The molecule has 4 aromatic rings. The van der Waals surface area contributed by atoms with Crippen molar-refractivity contribution in [2.45, 2.75) is 0 Å². The number of aryl methyl sites for hydroxylation is 1. The van der Waals surface area contributed by atoms with E-state index in [2.05, 4.69) is 32.7 Å². The highest BCUT2D eigenvalue weighted by Gasteiger charge is 2.11. The van der Waals surface area contributed by atoms with E-state index in [-0.39, 0.29) is 0 Å². The SMILES string of the molecule is C[n+]1ccc(/C=C(\C#N)c2nc3ccccc3[nH]2)c2ccccc21. The molecule has 0 aliphatic heterocycles. The number of para-hydroxylation sites is 3. The summed E-state index contributed by atoms with van der Waals surface area (Å²) >= 11 is 0. The molecule has 0 bridgehead atoms. The van der Waals surface area contributed by atoms with Crippen LogP contribution in [0.25, 0.3) is 33.6 Å². The average molecular weight is 311 g/mol. The fraction of sp³-hybridized carbons (Fsp3) is 0.0500. The van der Waals surface area contributed by atoms with Crippen molar-refractivity contribution in [3.05, 3.63) is 72.2 Å². The molecule has 4 rings (SSSR count). The molecule has 2 aromatic heterocycles. The van der Waals surface area contributed by atoms with Gasteiger partial charge in [0.25, 0.3) is 0 Å². The van der Waals surface area contributed by atoms with Crippen LogP contribution in [0.1, 0.15) is 11.4 Å². The monoisotopic (exact) mass is 311 g/mol. The van der Waals surface area contributed by atoms with Crippen molar-refractivity contribution < 1.29 is 4.57 Å². The minimum atomic E-state index is 0.519. The summed E-state index contributed by atoms with van der Waals surface area (Å²) in [6, 6.07) is 20.2. The number of rotatable bonds is 2. The Hall–Kier alpha value is -3.45. The van der Waals surface area contributed by atoms with Crippen molar-refractivity contribution in [1.82, 2.24) is 9.97 Å². The van der Waals surface area contributed by atoms with Crippen molar-refractivity contribution >= 4 is 33.6 Å². The van der Waals surface area contributed by atoms with Crippen LogP contribution in [0.3, 0.4) is 0 Å². The summed E-state index contributed by atoms with van der Waals surface area (Å²) in [4.78, 5) is 7.75. The van der Waals surface area contributed by atoms with Gasteiger partial charge in [-0.05, 0) is 29.8 Å². The molecule has 0 fully saturated rings. The number of imidazole rings is 1. The highest BCUT2D eigenvalue weighted by atomic mass is 14.9. The Morgan fingerprint density at radius 2 is 1.92 bits per heavy atom. The number of aromatic nitrogens is 3. The van der Waals surface area contributed by atoms with Crippen LogP contribution in [-0.4, -0.2) is 9.97 Å². The number of hydrogen-bond acceptors (Lipinski definition) is 2. The quantitative estimate of drug-likeness (QED) is 0.454. The van der Waals surface area contributed by atoms with Crippen LogP contribution < -0.4 is 4.57 Å². The van der Waals surface area contributed by atoms with Crippen molar-refractivity contribution in [1.29, 1.82) is 5.26 Å². The summed E-state index contributed by atoms with van der Waals surface area (Å²) in [7, 11) is 2.01. The third-order valence-electron chi connectivity index (χ3n) is 4.14. The van der Waals surface area contributed by atoms with E-state index in [1.165, 1.54) is 0 Å². The van der Waals surface area contributed by atoms with Gasteiger partial charge in [0, 0.05) is 12.1 Å². The molecule has 0 radical (unpaired) electrons. The minimum absolute atomic E-state index is 0.519. The molecule has 0 atom stereocenters. The molecular weight excluding hydrogens is 296 g/mol. The van der Waals surface area contributed by atoms with E-state index in [9.17, 15) is 5.26 Å². The number of aromatic amines is 1. The summed E-state index contributed by atoms with van der Waals surface area (Å²) in [5.41, 5.74) is 4.43. The molecule has 4 nitrogen and oxygen atoms in total. The van der Waals surface area contributed by atoms with Gasteiger partial charge in [0.05, 0.1) is 22.0 Å². The molecule has 4 heteroatoms. The molecule has 0 saturated carbocycles. The van der Waals surface area contributed by atoms with Crippen LogP contribution in [0.4, 0.5) is 0 Å². The van der Waals surface area contributed by atoms with E-state index in [4.69, 9.17) is 0 Å². The van der Waals surface area contributed by atoms with Crippen LogP contribution in [0.15, 0.2) is 60.8 Å². The van der Waals surface area contributed by atoms with Crippen LogP contribution in [0.2, 0.25) is 0 Å². The Morgan fingerprint density at radius 3 is 2.75 bits per heavy atom. The lowest BCUT2D eigenvalue weighted by atomic mass is 10.1. The number of pyridine rings is 1. The first-order valence-electron chi connectivity index (χ1n) is 7.70. The highest BCUT2D eigenvalue weighted by molar-refractivity contribution is 5.96. The van der Waals surface area contributed by atoms with Crippen LogP contribution in [-0.2, 0) is 7.05 Å². The zero-order valence-electron chi connectivity index (χ0n) is 13.2. The average Bonchev–Trinajstić information content (AvgIpc) is 3.05. The molecular formula is C20H15N4+. The maximum atomic E-state index is 9.61. The third-order valence-corrected chi connectivity index (χ3v) is 4.14. The summed E-state index contributed by atoms with van der Waals surface area (Å²) in [5, 5.41) is 10.7. The lowest BCUT2D eigenvalue weighted by Gasteiger charge is -2.01. The van der Waals surface area contributed by atoms with Crippen LogP contribution in [0, 0.1) is 11.3 Å². The van der Waals surface area contributed by atoms with E-state index in [0.29, 0.717) is 11.4 Å². The predicted molar refractivity (Wildman–Crippen MR) is 94.7 cm³/mol. The number of allylic oxidation sites excluding steroid dienone is 1. The molecule has 2 aromatic carbocycles. The minimum Gasteiger partial charge on any atom is -0.337 e. The van der Waals surface area contributed by atoms with Crippen LogP contribution in [0.5, 0.6) is 0 Å². The second kappa shape index (κ2) is 5.64. The summed E-state index contributed by atoms with van der Waals surface area (Å²) in [6.07, 6.45) is 3.89. The molecule has 0 aliphatic rings. The normalized spacial score (nSPS) is 11.8. The van der Waals surface area contributed by atoms with Gasteiger partial charge in [0.15, 0.2) is 6.20 Å². The first-order valence-corrected chi connectivity index (χ1v) is 7.70. The van der Waals surface area contributed by atoms with Gasteiger partial charge in [-0.1, -0.05) is 24.3 Å². The Bertz CT molecular complexity index is 1100. The number of fused-ring (bicyclic) bond motifs is 2. The summed E-state index contributed by atoms with van der Waals surface area (Å²) in [6.45, 7) is 0. The lowest BCUT2D eigenvalue weighted by Crippen LogP contribution is -2.28. The van der Waals surface area contributed by atoms with Gasteiger partial charge in [0.1, 0.15) is 18.9 Å². The predicted octanol–water partition coefficient (Wildman–Crippen LogP) is 3.60. The zero-order valence-corrected chi connectivity index (χ0v) is 13.2. The highest BCUT2D eigenvalue weighted by Crippen LogP contribution is 2.22. The molecule has 1 N–H and O–H groups in total. The molecule has 0 unspecified atom stereocenters. The number of hydrogen-bond donors (Lipinski definition) is 1. The molecule has 0 amide bonds. The number of nitriles is 1. The number of H-pyrrole nitrogens is 1. The van der Waals surface area contributed by atoms with E-state index in [1.807, 2.05) is 61.8 Å². The standard InChI is InChI=1S/C20H14N4/c1-24-11-10-14(16-6-2-5-9-19(16)24)12-15(13-21)20-22-17-7-3-4-8-18(17)23-20/h2-12H,1H3/p+1. The lowest BCUT2D eigenvalue weighted by molar-refractivity contribution is -0.644. The molecule has 0 aliphatic carbocycles. The molecule has 0 spiro atoms. The Kier molecular flexibility index (Phi) is 3.33. The summed E-state index contributed by atoms with van der Waals surface area (Å²) < 4.78 is 2.07. The van der Waals surface area contributed by atoms with Gasteiger partial charge in [-0.25, -0.2) is 9.55 Å². The Morgan fingerprint density at radius 1 is 1.12 bits per heavy atom. The Labute approximate surface area is 139 Å². The molecule has 24 heavy (non-hydrogen) atoms. The smallest absolute Gasteiger partial charge is 0.212 e. The number of benzene rings is 2. The maximum Gasteiger partial charge on any atom is 0.212 e. The van der Waals surface area contributed by atoms with Crippen molar-refractivity contribution in [2.24, 2.45) is 7.05 Å². The first-order chi connectivity index (χ1) is 11.8. The van der Waals surface area contributed by atoms with Gasteiger partial charge in [-0.2, -0.15) is 5.26 Å². The van der Waals surface area contributed by atoms with E-state index < -0.39 is 0 Å². The van der Waals surface area contributed by atoms with Gasteiger partial charge < -0.3 is 4.98 Å². The van der Waals surface area contributed by atoms with Gasteiger partial charge in [0.2, 0.25) is 5.52 Å². The van der Waals surface area contributed by atoms with Gasteiger partial charge >= 0.3 is 0 Å². The van der Waals surface area contributed by atoms with E-state index >= 15 is 0 Å². The fourth-order valence-electron chi connectivity index (χ4n) is 2.90. The van der Waals surface area contributed by atoms with Gasteiger partial charge in [-0.3, -0.25) is 0 Å². The fourth-order valence-corrected chi connectivity index (χ4v) is 2.90. The van der Waals surface area contributed by atoms with Crippen molar-refractivity contribution in [3.8, 4) is 6.07 Å². The summed E-state index contributed by atoms with van der Waals surface area (Å²) in [5.74, 6) is 0.594. The second-order valence-corrected chi connectivity index (χ2v) is 5.67. The number of nitrogens with zero attached hydrogens (tertiary/aromatic N) is 3. The van der Waals surface area contributed by atoms with Crippen molar-refractivity contribution in [2.75, 3.05) is 0 Å². The molecule has 114 valence electrons. The Balaban J connectivity index is 1.90. The zero-order chi connectivity index (χ0) is 16.5. The largest absolute Gasteiger partial charge is 0.337 e. The van der Waals surface area contributed by atoms with E-state index in [0.717, 1.165) is 27.5 Å². The van der Waals surface area contributed by atoms with Crippen LogP contribution >= 0.6 is 0 Å². The topological polar surface area (TPSA) is 56.4 Å². The molecule has 2 heterocycles. The maximum absolute atomic E-state index is 9.61. The van der Waals surface area contributed by atoms with Gasteiger partial charge in [-0.15, -0.1) is 0 Å². The third kappa shape index (κ3) is 2.33. The van der Waals surface area contributed by atoms with Crippen molar-refractivity contribution in [3.63, 3.8) is 0 Å². The number of nitrogens with one attached hydrogen (secondary N) is 1. The second-order valence-electron chi connectivity index (χ2n) is 5.67. The first kappa shape index (κ1) is 14.2.